The summed E-state index contributed by atoms with van der Waals surface area (Å²) in [5.41, 5.74) is 2.06. The molecule has 0 unspecified atom stereocenters. The minimum Gasteiger partial charge on any atom is -0.497 e. The van der Waals surface area contributed by atoms with Crippen LogP contribution in [0.2, 0.25) is 0 Å². The Labute approximate surface area is 202 Å². The summed E-state index contributed by atoms with van der Waals surface area (Å²) >= 11 is 0. The van der Waals surface area contributed by atoms with Crippen LogP contribution < -0.4 is 25.0 Å². The molecule has 4 rings (SSSR count). The zero-order valence-corrected chi connectivity index (χ0v) is 20.0. The van der Waals surface area contributed by atoms with Crippen LogP contribution in [0.1, 0.15) is 38.5 Å². The molecule has 0 spiro atoms. The van der Waals surface area contributed by atoms with E-state index in [1.54, 1.807) is 7.11 Å². The Morgan fingerprint density at radius 3 is 2.47 bits per heavy atom. The lowest BCUT2D eigenvalue weighted by Crippen LogP contribution is -2.45. The average Bonchev–Trinajstić information content (AvgIpc) is 3.43. The molecular weight excluding hydrogens is 430 g/mol. The highest BCUT2D eigenvalue weighted by Crippen LogP contribution is 2.27. The first-order chi connectivity index (χ1) is 16.6. The molecular formula is C27H37N3O4. The smallest absolute Gasteiger partial charge is 0.227 e. The van der Waals surface area contributed by atoms with E-state index >= 15 is 0 Å². The van der Waals surface area contributed by atoms with E-state index in [1.165, 1.54) is 5.69 Å². The number of nitrogens with one attached hydrogen (secondary N) is 2. The second kappa shape index (κ2) is 12.1. The van der Waals surface area contributed by atoms with Crippen molar-refractivity contribution in [1.82, 2.24) is 5.32 Å². The van der Waals surface area contributed by atoms with Gasteiger partial charge in [0.1, 0.15) is 24.2 Å². The van der Waals surface area contributed by atoms with E-state index in [-0.39, 0.29) is 18.4 Å². The third-order valence-corrected chi connectivity index (χ3v) is 6.85. The van der Waals surface area contributed by atoms with E-state index < -0.39 is 6.10 Å². The molecule has 1 saturated carbocycles. The molecule has 2 aromatic carbocycles. The minimum absolute atomic E-state index is 0.160. The summed E-state index contributed by atoms with van der Waals surface area (Å²) in [5.74, 6) is 1.77. The monoisotopic (exact) mass is 467 g/mol. The Balaban J connectivity index is 1.15. The third-order valence-electron chi connectivity index (χ3n) is 6.85. The number of hydrogen-bond donors (Lipinski definition) is 3. The summed E-state index contributed by atoms with van der Waals surface area (Å²) in [7, 11) is 1.62. The lowest BCUT2D eigenvalue weighted by Gasteiger charge is -2.34. The molecule has 3 N–H and O–H groups in total. The highest BCUT2D eigenvalue weighted by molar-refractivity contribution is 5.92. The Morgan fingerprint density at radius 2 is 1.76 bits per heavy atom. The van der Waals surface area contributed by atoms with Crippen molar-refractivity contribution >= 4 is 17.3 Å². The van der Waals surface area contributed by atoms with Gasteiger partial charge < -0.3 is 30.1 Å². The van der Waals surface area contributed by atoms with Crippen molar-refractivity contribution in [2.75, 3.05) is 43.6 Å². The van der Waals surface area contributed by atoms with Crippen LogP contribution in [0.3, 0.4) is 0 Å². The summed E-state index contributed by atoms with van der Waals surface area (Å²) in [6, 6.07) is 16.0. The standard InChI is InChI=1S/C27H37N3O4/c1-33-25-7-4-8-26(17-25)34-19-24(31)18-28-21-13-15-30(16-14-21)23-11-9-22(10-12-23)29-27(32)20-5-2-3-6-20/h4,7-12,17,20-21,24,28,31H,2-3,5-6,13-16,18-19H2,1H3,(H,29,32)/t24-/m0/s1. The summed E-state index contributed by atoms with van der Waals surface area (Å²) < 4.78 is 10.9. The maximum absolute atomic E-state index is 12.3. The number of carbonyl (C=O) groups excluding carboxylic acids is 1. The van der Waals surface area contributed by atoms with Gasteiger partial charge in [-0.15, -0.1) is 0 Å². The maximum atomic E-state index is 12.3. The number of amides is 1. The number of carbonyl (C=O) groups is 1. The summed E-state index contributed by atoms with van der Waals surface area (Å²) in [6.07, 6.45) is 5.82. The van der Waals surface area contributed by atoms with Crippen molar-refractivity contribution in [3.8, 4) is 11.5 Å². The molecule has 34 heavy (non-hydrogen) atoms. The van der Waals surface area contributed by atoms with Crippen LogP contribution in [0.4, 0.5) is 11.4 Å². The van der Waals surface area contributed by atoms with Gasteiger partial charge in [-0.05, 0) is 62.1 Å². The van der Waals surface area contributed by atoms with Crippen LogP contribution in [0.5, 0.6) is 11.5 Å². The number of hydrogen-bond acceptors (Lipinski definition) is 6. The molecule has 7 nitrogen and oxygen atoms in total. The van der Waals surface area contributed by atoms with Gasteiger partial charge in [0.05, 0.1) is 7.11 Å². The van der Waals surface area contributed by atoms with E-state index in [4.69, 9.17) is 9.47 Å². The highest BCUT2D eigenvalue weighted by atomic mass is 16.5. The number of aliphatic hydroxyl groups excluding tert-OH is 1. The summed E-state index contributed by atoms with van der Waals surface area (Å²) in [5, 5.41) is 16.8. The molecule has 2 aromatic rings. The van der Waals surface area contributed by atoms with Crippen molar-refractivity contribution in [2.45, 2.75) is 50.7 Å². The number of benzene rings is 2. The molecule has 0 radical (unpaired) electrons. The number of methoxy groups -OCH3 is 1. The van der Waals surface area contributed by atoms with E-state index in [9.17, 15) is 9.90 Å². The van der Waals surface area contributed by atoms with Crippen molar-refractivity contribution in [3.05, 3.63) is 48.5 Å². The molecule has 2 fully saturated rings. The lowest BCUT2D eigenvalue weighted by atomic mass is 10.0. The Morgan fingerprint density at radius 1 is 1.06 bits per heavy atom. The van der Waals surface area contributed by atoms with Gasteiger partial charge in [-0.1, -0.05) is 18.9 Å². The van der Waals surface area contributed by atoms with Gasteiger partial charge in [0.2, 0.25) is 5.91 Å². The van der Waals surface area contributed by atoms with Crippen LogP contribution in [0, 0.1) is 5.92 Å². The number of ether oxygens (including phenoxy) is 2. The molecule has 1 saturated heterocycles. The summed E-state index contributed by atoms with van der Waals surface area (Å²) in [6.45, 7) is 2.66. The molecule has 1 amide bonds. The fraction of sp³-hybridized carbons (Fsp3) is 0.519. The molecule has 0 bridgehead atoms. The van der Waals surface area contributed by atoms with Crippen LogP contribution in [-0.4, -0.2) is 56.5 Å². The third kappa shape index (κ3) is 6.87. The first kappa shape index (κ1) is 24.4. The zero-order chi connectivity index (χ0) is 23.8. The number of nitrogens with zero attached hydrogens (tertiary/aromatic N) is 1. The Bertz CT molecular complexity index is 906. The maximum Gasteiger partial charge on any atom is 0.227 e. The van der Waals surface area contributed by atoms with Gasteiger partial charge in [0.15, 0.2) is 0 Å². The molecule has 1 aliphatic carbocycles. The van der Waals surface area contributed by atoms with Crippen LogP contribution in [0.15, 0.2) is 48.5 Å². The quantitative estimate of drug-likeness (QED) is 0.493. The van der Waals surface area contributed by atoms with E-state index in [0.29, 0.717) is 18.3 Å². The molecule has 1 heterocycles. The largest absolute Gasteiger partial charge is 0.497 e. The summed E-state index contributed by atoms with van der Waals surface area (Å²) in [4.78, 5) is 14.7. The van der Waals surface area contributed by atoms with Gasteiger partial charge in [-0.2, -0.15) is 0 Å². The molecule has 184 valence electrons. The van der Waals surface area contributed by atoms with Gasteiger partial charge in [-0.3, -0.25) is 4.79 Å². The normalized spacial score (nSPS) is 18.0. The Kier molecular flexibility index (Phi) is 8.66. The molecule has 2 aliphatic rings. The predicted molar refractivity (Wildman–Crippen MR) is 135 cm³/mol. The van der Waals surface area contributed by atoms with Crippen molar-refractivity contribution in [1.29, 1.82) is 0 Å². The molecule has 7 heteroatoms. The fourth-order valence-electron chi connectivity index (χ4n) is 4.77. The van der Waals surface area contributed by atoms with Crippen LogP contribution in [-0.2, 0) is 4.79 Å². The van der Waals surface area contributed by atoms with Gasteiger partial charge in [0, 0.05) is 49.0 Å². The second-order valence-corrected chi connectivity index (χ2v) is 9.33. The van der Waals surface area contributed by atoms with Gasteiger partial charge in [0.25, 0.3) is 0 Å². The number of piperidine rings is 1. The van der Waals surface area contributed by atoms with E-state index in [1.807, 2.05) is 36.4 Å². The zero-order valence-electron chi connectivity index (χ0n) is 20.0. The average molecular weight is 468 g/mol. The van der Waals surface area contributed by atoms with E-state index in [2.05, 4.69) is 27.7 Å². The minimum atomic E-state index is -0.573. The van der Waals surface area contributed by atoms with Crippen molar-refractivity contribution in [2.24, 2.45) is 5.92 Å². The first-order valence-corrected chi connectivity index (χ1v) is 12.4. The second-order valence-electron chi connectivity index (χ2n) is 9.33. The van der Waals surface area contributed by atoms with Crippen molar-refractivity contribution in [3.63, 3.8) is 0 Å². The topological polar surface area (TPSA) is 83.1 Å². The first-order valence-electron chi connectivity index (χ1n) is 12.4. The van der Waals surface area contributed by atoms with Gasteiger partial charge in [-0.25, -0.2) is 0 Å². The van der Waals surface area contributed by atoms with Gasteiger partial charge >= 0.3 is 0 Å². The molecule has 1 aliphatic heterocycles. The predicted octanol–water partition coefficient (Wildman–Crippen LogP) is 3.82. The van der Waals surface area contributed by atoms with Crippen LogP contribution in [0.25, 0.3) is 0 Å². The highest BCUT2D eigenvalue weighted by Gasteiger charge is 2.23. The number of rotatable bonds is 10. The fourth-order valence-corrected chi connectivity index (χ4v) is 4.77. The molecule has 1 atom stereocenters. The van der Waals surface area contributed by atoms with Crippen LogP contribution >= 0.6 is 0 Å². The SMILES string of the molecule is COc1cccc(OC[C@@H](O)CNC2CCN(c3ccc(NC(=O)C4CCCC4)cc3)CC2)c1. The number of aliphatic hydroxyl groups is 1. The number of anilines is 2. The Hall–Kier alpha value is -2.77. The lowest BCUT2D eigenvalue weighted by molar-refractivity contribution is -0.119. The molecule has 0 aromatic heterocycles. The van der Waals surface area contributed by atoms with E-state index in [0.717, 1.165) is 63.1 Å². The van der Waals surface area contributed by atoms with Crippen molar-refractivity contribution < 1.29 is 19.4 Å².